The summed E-state index contributed by atoms with van der Waals surface area (Å²) in [4.78, 5) is 29.4. The summed E-state index contributed by atoms with van der Waals surface area (Å²) in [6.45, 7) is 0.341. The van der Waals surface area contributed by atoms with Crippen LogP contribution in [-0.2, 0) is 11.2 Å². The molecule has 1 amide bonds. The van der Waals surface area contributed by atoms with Crippen LogP contribution in [0.3, 0.4) is 0 Å². The smallest absolute Gasteiger partial charge is 0.299 e. The van der Waals surface area contributed by atoms with Gasteiger partial charge >= 0.3 is 0 Å². The first-order chi connectivity index (χ1) is 10.1. The van der Waals surface area contributed by atoms with E-state index >= 15 is 0 Å². The molecule has 21 heavy (non-hydrogen) atoms. The quantitative estimate of drug-likeness (QED) is 0.801. The molecule has 0 saturated heterocycles. The van der Waals surface area contributed by atoms with Crippen molar-refractivity contribution >= 4 is 33.3 Å². The Morgan fingerprint density at radius 2 is 2.10 bits per heavy atom. The Labute approximate surface area is 128 Å². The van der Waals surface area contributed by atoms with Gasteiger partial charge in [0.1, 0.15) is 5.82 Å². The van der Waals surface area contributed by atoms with E-state index in [0.29, 0.717) is 23.1 Å². The monoisotopic (exact) mass is 348 g/mol. The van der Waals surface area contributed by atoms with E-state index in [1.165, 1.54) is 11.0 Å². The third-order valence-electron chi connectivity index (χ3n) is 3.33. The number of nitrogens with zero attached hydrogens (tertiary/aromatic N) is 2. The minimum atomic E-state index is -0.670. The van der Waals surface area contributed by atoms with E-state index in [1.807, 2.05) is 12.1 Å². The van der Waals surface area contributed by atoms with Gasteiger partial charge in [0.2, 0.25) is 0 Å². The molecule has 0 spiro atoms. The van der Waals surface area contributed by atoms with Crippen molar-refractivity contribution in [1.82, 2.24) is 4.98 Å². The number of ketones is 1. The summed E-state index contributed by atoms with van der Waals surface area (Å²) in [5.41, 5.74) is 1.51. The first-order valence-electron chi connectivity index (χ1n) is 6.32. The molecule has 3 rings (SSSR count). The number of fused-ring (bicyclic) bond motifs is 1. The summed E-state index contributed by atoms with van der Waals surface area (Å²) in [5.74, 6) is -1.84. The van der Waals surface area contributed by atoms with Crippen LogP contribution in [0.25, 0.3) is 0 Å². The van der Waals surface area contributed by atoms with E-state index in [0.717, 1.165) is 11.6 Å². The third kappa shape index (κ3) is 2.47. The summed E-state index contributed by atoms with van der Waals surface area (Å²) in [6, 6.07) is 6.06. The van der Waals surface area contributed by atoms with E-state index in [1.54, 1.807) is 12.4 Å². The summed E-state index contributed by atoms with van der Waals surface area (Å²) in [5, 5.41) is 0. The lowest BCUT2D eigenvalue weighted by Crippen LogP contribution is -2.31. The number of halogens is 2. The maximum Gasteiger partial charge on any atom is 0.299 e. The minimum absolute atomic E-state index is 0.109. The lowest BCUT2D eigenvalue weighted by atomic mass is 10.1. The number of benzene rings is 1. The molecule has 1 aromatic carbocycles. The molecule has 2 aromatic rings. The molecule has 2 heterocycles. The zero-order chi connectivity index (χ0) is 15.0. The van der Waals surface area contributed by atoms with Gasteiger partial charge in [0.15, 0.2) is 0 Å². The first-order valence-corrected chi connectivity index (χ1v) is 7.11. The average molecular weight is 349 g/mol. The van der Waals surface area contributed by atoms with Crippen molar-refractivity contribution in [2.24, 2.45) is 0 Å². The number of carbonyl (C=O) groups is 2. The zero-order valence-electron chi connectivity index (χ0n) is 10.8. The largest absolute Gasteiger partial charge is 0.303 e. The van der Waals surface area contributed by atoms with Crippen LogP contribution < -0.4 is 4.90 Å². The van der Waals surface area contributed by atoms with Gasteiger partial charge in [-0.2, -0.15) is 0 Å². The van der Waals surface area contributed by atoms with Gasteiger partial charge in [-0.1, -0.05) is 6.07 Å². The predicted octanol–water partition coefficient (Wildman–Crippen LogP) is 2.76. The molecule has 1 aliphatic rings. The second kappa shape index (κ2) is 5.37. The molecule has 0 atom stereocenters. The standard InChI is InChI=1S/C15H10BrFN2O2/c16-12-7-10(17)6-11-13(12)19(15(21)14(11)20)5-3-9-2-1-4-18-8-9/h1-2,4,6-8H,3,5H2. The SMILES string of the molecule is O=C1C(=O)N(CCc2cccnc2)c2c(Br)cc(F)cc21. The fraction of sp³-hybridized carbons (Fsp3) is 0.133. The molecule has 0 saturated carbocycles. The molecule has 0 fully saturated rings. The molecule has 1 aliphatic heterocycles. The van der Waals surface area contributed by atoms with Gasteiger partial charge in [-0.15, -0.1) is 0 Å². The normalized spacial score (nSPS) is 13.7. The molecule has 0 bridgehead atoms. The highest BCUT2D eigenvalue weighted by Crippen LogP contribution is 2.36. The molecule has 0 unspecified atom stereocenters. The van der Waals surface area contributed by atoms with Crippen molar-refractivity contribution in [2.75, 3.05) is 11.4 Å². The average Bonchev–Trinajstić information content (AvgIpc) is 2.71. The second-order valence-electron chi connectivity index (χ2n) is 4.68. The van der Waals surface area contributed by atoms with Gasteiger partial charge in [0, 0.05) is 23.4 Å². The van der Waals surface area contributed by atoms with Gasteiger partial charge in [-0.3, -0.25) is 14.6 Å². The predicted molar refractivity (Wildman–Crippen MR) is 78.7 cm³/mol. The lowest BCUT2D eigenvalue weighted by molar-refractivity contribution is -0.114. The van der Waals surface area contributed by atoms with Crippen molar-refractivity contribution in [1.29, 1.82) is 0 Å². The topological polar surface area (TPSA) is 50.3 Å². The number of amides is 1. The van der Waals surface area contributed by atoms with E-state index in [4.69, 9.17) is 0 Å². The third-order valence-corrected chi connectivity index (χ3v) is 3.93. The van der Waals surface area contributed by atoms with E-state index in [2.05, 4.69) is 20.9 Å². The highest BCUT2D eigenvalue weighted by molar-refractivity contribution is 9.10. The number of hydrogen-bond donors (Lipinski definition) is 0. The Hall–Kier alpha value is -2.08. The first kappa shape index (κ1) is 13.9. The molecule has 0 aliphatic carbocycles. The van der Waals surface area contributed by atoms with Crippen molar-refractivity contribution in [3.63, 3.8) is 0 Å². The van der Waals surface area contributed by atoms with Crippen LogP contribution >= 0.6 is 15.9 Å². The summed E-state index contributed by atoms with van der Waals surface area (Å²) in [7, 11) is 0. The Bertz CT molecular complexity index is 734. The summed E-state index contributed by atoms with van der Waals surface area (Å²) in [6.07, 6.45) is 3.95. The Balaban J connectivity index is 1.91. The number of pyridine rings is 1. The Morgan fingerprint density at radius 1 is 1.29 bits per heavy atom. The van der Waals surface area contributed by atoms with Crippen LogP contribution in [0.4, 0.5) is 10.1 Å². The summed E-state index contributed by atoms with van der Waals surface area (Å²) < 4.78 is 13.8. The Kier molecular flexibility index (Phi) is 3.55. The van der Waals surface area contributed by atoms with Crippen LogP contribution in [0, 0.1) is 5.82 Å². The lowest BCUT2D eigenvalue weighted by Gasteiger charge is -2.17. The number of hydrogen-bond acceptors (Lipinski definition) is 3. The van der Waals surface area contributed by atoms with E-state index in [-0.39, 0.29) is 5.56 Å². The number of anilines is 1. The summed E-state index contributed by atoms with van der Waals surface area (Å²) >= 11 is 3.22. The van der Waals surface area contributed by atoms with Crippen molar-refractivity contribution in [3.8, 4) is 0 Å². The molecule has 106 valence electrons. The van der Waals surface area contributed by atoms with Crippen LogP contribution in [0.15, 0.2) is 41.1 Å². The molecule has 0 N–H and O–H groups in total. The second-order valence-corrected chi connectivity index (χ2v) is 5.54. The molecular weight excluding hydrogens is 339 g/mol. The number of aromatic nitrogens is 1. The van der Waals surface area contributed by atoms with Gasteiger partial charge in [0.25, 0.3) is 11.7 Å². The molecule has 0 radical (unpaired) electrons. The number of carbonyl (C=O) groups excluding carboxylic acids is 2. The van der Waals surface area contributed by atoms with Crippen molar-refractivity contribution < 1.29 is 14.0 Å². The molecule has 4 nitrogen and oxygen atoms in total. The van der Waals surface area contributed by atoms with Gasteiger partial charge in [-0.25, -0.2) is 4.39 Å². The molecule has 1 aromatic heterocycles. The highest BCUT2D eigenvalue weighted by atomic mass is 79.9. The fourth-order valence-corrected chi connectivity index (χ4v) is 3.00. The van der Waals surface area contributed by atoms with Crippen LogP contribution in [0.2, 0.25) is 0 Å². The highest BCUT2D eigenvalue weighted by Gasteiger charge is 2.37. The maximum absolute atomic E-state index is 13.4. The van der Waals surface area contributed by atoms with E-state index < -0.39 is 17.5 Å². The fourth-order valence-electron chi connectivity index (χ4n) is 2.35. The van der Waals surface area contributed by atoms with Crippen molar-refractivity contribution in [2.45, 2.75) is 6.42 Å². The number of Topliss-reactive ketones (excluding diaryl/α,β-unsaturated/α-hetero) is 1. The van der Waals surface area contributed by atoms with Gasteiger partial charge in [0.05, 0.1) is 11.3 Å². The Morgan fingerprint density at radius 3 is 2.81 bits per heavy atom. The van der Waals surface area contributed by atoms with Crippen LogP contribution in [0.5, 0.6) is 0 Å². The van der Waals surface area contributed by atoms with Gasteiger partial charge < -0.3 is 4.90 Å². The molecule has 6 heteroatoms. The number of rotatable bonds is 3. The molecular formula is C15H10BrFN2O2. The van der Waals surface area contributed by atoms with Crippen LogP contribution in [0.1, 0.15) is 15.9 Å². The van der Waals surface area contributed by atoms with Crippen molar-refractivity contribution in [3.05, 3.63) is 58.1 Å². The zero-order valence-corrected chi connectivity index (χ0v) is 12.4. The minimum Gasteiger partial charge on any atom is -0.303 e. The van der Waals surface area contributed by atoms with E-state index in [9.17, 15) is 14.0 Å². The van der Waals surface area contributed by atoms with Crippen LogP contribution in [-0.4, -0.2) is 23.2 Å². The maximum atomic E-state index is 13.4. The van der Waals surface area contributed by atoms with Gasteiger partial charge in [-0.05, 0) is 46.1 Å².